The summed E-state index contributed by atoms with van der Waals surface area (Å²) in [5.74, 6) is -0.482. The van der Waals surface area contributed by atoms with Gasteiger partial charge in [-0.15, -0.1) is 0 Å². The topological polar surface area (TPSA) is 58.6 Å². The zero-order valence-corrected chi connectivity index (χ0v) is 19.6. The van der Waals surface area contributed by atoms with Gasteiger partial charge in [-0.3, -0.25) is 9.59 Å². The van der Waals surface area contributed by atoms with E-state index >= 15 is 0 Å². The van der Waals surface area contributed by atoms with E-state index in [1.54, 1.807) is 18.2 Å². The molecular formula is C27H20BrFN2O3. The molecule has 1 atom stereocenters. The van der Waals surface area contributed by atoms with Crippen LogP contribution in [0.5, 0.6) is 5.75 Å². The van der Waals surface area contributed by atoms with Crippen LogP contribution in [0.4, 0.5) is 10.1 Å². The minimum atomic E-state index is -0.597. The standard InChI is InChI=1S/C27H20BrFN2O3/c28-20-8-12-24-23(14-20)27(18-5-9-21(29)10-6-18)31(15-25(32)30-24)26(33)16-34-22-11-7-17-3-1-2-4-19(17)13-22/h1-14,27H,15-16H2,(H,30,32)/t27-/m0/s1. The normalized spacial score (nSPS) is 15.4. The predicted octanol–water partition coefficient (Wildman–Crippen LogP) is 5.69. The summed E-state index contributed by atoms with van der Waals surface area (Å²) in [4.78, 5) is 27.6. The summed E-state index contributed by atoms with van der Waals surface area (Å²) in [7, 11) is 0. The molecule has 1 aliphatic rings. The Labute approximate surface area is 204 Å². The van der Waals surface area contributed by atoms with Crippen LogP contribution in [0.1, 0.15) is 17.2 Å². The third-order valence-corrected chi connectivity index (χ3v) is 6.29. The van der Waals surface area contributed by atoms with E-state index in [-0.39, 0.29) is 30.8 Å². The van der Waals surface area contributed by atoms with Gasteiger partial charge in [0, 0.05) is 15.7 Å². The number of rotatable bonds is 4. The monoisotopic (exact) mass is 518 g/mol. The van der Waals surface area contributed by atoms with Crippen molar-refractivity contribution in [1.82, 2.24) is 4.90 Å². The fourth-order valence-corrected chi connectivity index (χ4v) is 4.58. The number of anilines is 1. The van der Waals surface area contributed by atoms with Crippen LogP contribution in [-0.2, 0) is 9.59 Å². The quantitative estimate of drug-likeness (QED) is 0.377. The van der Waals surface area contributed by atoms with Crippen molar-refractivity contribution in [2.24, 2.45) is 0 Å². The first-order chi connectivity index (χ1) is 16.5. The number of hydrogen-bond acceptors (Lipinski definition) is 3. The minimum Gasteiger partial charge on any atom is -0.484 e. The molecule has 0 bridgehead atoms. The zero-order chi connectivity index (χ0) is 23.7. The molecule has 0 saturated carbocycles. The van der Waals surface area contributed by atoms with Crippen molar-refractivity contribution in [2.75, 3.05) is 18.5 Å². The molecule has 1 heterocycles. The fraction of sp³-hybridized carbons (Fsp3) is 0.111. The molecule has 4 aromatic carbocycles. The van der Waals surface area contributed by atoms with E-state index in [2.05, 4.69) is 21.2 Å². The Bertz CT molecular complexity index is 1390. The first-order valence-electron chi connectivity index (χ1n) is 10.7. The van der Waals surface area contributed by atoms with Crippen LogP contribution in [0.15, 0.2) is 89.4 Å². The van der Waals surface area contributed by atoms with Crippen LogP contribution in [0, 0.1) is 5.82 Å². The highest BCUT2D eigenvalue weighted by molar-refractivity contribution is 9.10. The smallest absolute Gasteiger partial charge is 0.261 e. The predicted molar refractivity (Wildman–Crippen MR) is 132 cm³/mol. The minimum absolute atomic E-state index is 0.158. The number of halogens is 2. The molecule has 170 valence electrons. The summed E-state index contributed by atoms with van der Waals surface area (Å²) in [6, 6.07) is 24.3. The van der Waals surface area contributed by atoms with E-state index in [9.17, 15) is 14.0 Å². The van der Waals surface area contributed by atoms with Crippen molar-refractivity contribution in [1.29, 1.82) is 0 Å². The number of nitrogens with one attached hydrogen (secondary N) is 1. The van der Waals surface area contributed by atoms with E-state index < -0.39 is 6.04 Å². The second-order valence-electron chi connectivity index (χ2n) is 8.05. The van der Waals surface area contributed by atoms with Crippen LogP contribution in [0.25, 0.3) is 10.8 Å². The molecule has 0 radical (unpaired) electrons. The Kier molecular flexibility index (Phi) is 6.02. The first kappa shape index (κ1) is 22.1. The summed E-state index contributed by atoms with van der Waals surface area (Å²) in [6.45, 7) is -0.402. The van der Waals surface area contributed by atoms with E-state index in [0.29, 0.717) is 17.0 Å². The van der Waals surface area contributed by atoms with Crippen molar-refractivity contribution < 1.29 is 18.7 Å². The van der Waals surface area contributed by atoms with Crippen LogP contribution in [0.3, 0.4) is 0 Å². The van der Waals surface area contributed by atoms with E-state index in [4.69, 9.17) is 4.74 Å². The lowest BCUT2D eigenvalue weighted by Gasteiger charge is -2.30. The molecule has 5 rings (SSSR count). The van der Waals surface area contributed by atoms with Crippen molar-refractivity contribution in [2.45, 2.75) is 6.04 Å². The van der Waals surface area contributed by atoms with Crippen molar-refractivity contribution >= 4 is 44.2 Å². The zero-order valence-electron chi connectivity index (χ0n) is 18.0. The largest absolute Gasteiger partial charge is 0.484 e. The highest BCUT2D eigenvalue weighted by Crippen LogP contribution is 2.37. The molecule has 7 heteroatoms. The molecule has 5 nitrogen and oxygen atoms in total. The van der Waals surface area contributed by atoms with Crippen LogP contribution in [0.2, 0.25) is 0 Å². The number of fused-ring (bicyclic) bond motifs is 2. The lowest BCUT2D eigenvalue weighted by molar-refractivity contribution is -0.138. The molecule has 0 fully saturated rings. The number of carbonyl (C=O) groups is 2. The summed E-state index contributed by atoms with van der Waals surface area (Å²) < 4.78 is 20.3. The van der Waals surface area contributed by atoms with Crippen LogP contribution in [-0.4, -0.2) is 29.9 Å². The average molecular weight is 519 g/mol. The Morgan fingerprint density at radius 2 is 1.76 bits per heavy atom. The van der Waals surface area contributed by atoms with Gasteiger partial charge in [0.25, 0.3) is 5.91 Å². The number of benzene rings is 4. The molecule has 0 spiro atoms. The molecule has 34 heavy (non-hydrogen) atoms. The van der Waals surface area contributed by atoms with E-state index in [0.717, 1.165) is 20.8 Å². The van der Waals surface area contributed by atoms with E-state index in [1.807, 2.05) is 54.6 Å². The molecule has 0 saturated heterocycles. The summed E-state index contributed by atoms with van der Waals surface area (Å²) >= 11 is 3.48. The molecule has 2 amide bonds. The molecule has 1 N–H and O–H groups in total. The molecular weight excluding hydrogens is 499 g/mol. The fourth-order valence-electron chi connectivity index (χ4n) is 4.20. The van der Waals surface area contributed by atoms with Gasteiger partial charge in [-0.05, 0) is 58.8 Å². The summed E-state index contributed by atoms with van der Waals surface area (Å²) in [5, 5.41) is 4.95. The average Bonchev–Trinajstić information content (AvgIpc) is 2.98. The highest BCUT2D eigenvalue weighted by atomic mass is 79.9. The van der Waals surface area contributed by atoms with Gasteiger partial charge in [0.1, 0.15) is 18.1 Å². The van der Waals surface area contributed by atoms with Gasteiger partial charge in [0.05, 0.1) is 6.04 Å². The number of hydrogen-bond donors (Lipinski definition) is 1. The molecule has 0 aliphatic carbocycles. The van der Waals surface area contributed by atoms with Crippen molar-refractivity contribution in [3.05, 3.63) is 106 Å². The second-order valence-corrected chi connectivity index (χ2v) is 8.97. The Balaban J connectivity index is 1.48. The molecule has 0 unspecified atom stereocenters. The van der Waals surface area contributed by atoms with Crippen LogP contribution >= 0.6 is 15.9 Å². The van der Waals surface area contributed by atoms with Gasteiger partial charge < -0.3 is 15.0 Å². The van der Waals surface area contributed by atoms with Gasteiger partial charge in [-0.2, -0.15) is 0 Å². The molecule has 0 aromatic heterocycles. The van der Waals surface area contributed by atoms with Gasteiger partial charge >= 0.3 is 0 Å². The molecule has 1 aliphatic heterocycles. The maximum absolute atomic E-state index is 13.7. The first-order valence-corrected chi connectivity index (χ1v) is 11.5. The SMILES string of the molecule is O=C1CN(C(=O)COc2ccc3ccccc3c2)[C@@H](c2ccc(F)cc2)c2cc(Br)ccc2N1. The Morgan fingerprint density at radius 3 is 2.56 bits per heavy atom. The maximum Gasteiger partial charge on any atom is 0.261 e. The van der Waals surface area contributed by atoms with Crippen molar-refractivity contribution in [3.63, 3.8) is 0 Å². The van der Waals surface area contributed by atoms with Gasteiger partial charge in [0.15, 0.2) is 6.61 Å². The highest BCUT2D eigenvalue weighted by Gasteiger charge is 2.33. The molecule has 4 aromatic rings. The summed E-state index contributed by atoms with van der Waals surface area (Å²) in [5.41, 5.74) is 2.02. The van der Waals surface area contributed by atoms with E-state index in [1.165, 1.54) is 17.0 Å². The Hall–Kier alpha value is -3.71. The van der Waals surface area contributed by atoms with Crippen molar-refractivity contribution in [3.8, 4) is 5.75 Å². The van der Waals surface area contributed by atoms with Gasteiger partial charge in [-0.1, -0.05) is 58.4 Å². The number of carbonyl (C=O) groups excluding carboxylic acids is 2. The lowest BCUT2D eigenvalue weighted by atomic mass is 9.96. The number of nitrogens with zero attached hydrogens (tertiary/aromatic N) is 1. The lowest BCUT2D eigenvalue weighted by Crippen LogP contribution is -2.41. The third-order valence-electron chi connectivity index (χ3n) is 5.80. The summed E-state index contributed by atoms with van der Waals surface area (Å²) in [6.07, 6.45) is 0. The third kappa shape index (κ3) is 4.52. The number of ether oxygens (including phenoxy) is 1. The number of amides is 2. The maximum atomic E-state index is 13.7. The van der Waals surface area contributed by atoms with Gasteiger partial charge in [0.2, 0.25) is 5.91 Å². The Morgan fingerprint density at radius 1 is 1.00 bits per heavy atom. The van der Waals surface area contributed by atoms with Crippen LogP contribution < -0.4 is 10.1 Å². The van der Waals surface area contributed by atoms with Gasteiger partial charge in [-0.25, -0.2) is 4.39 Å². The second kappa shape index (κ2) is 9.27.